The van der Waals surface area contributed by atoms with E-state index in [2.05, 4.69) is 10.6 Å². The van der Waals surface area contributed by atoms with Crippen molar-refractivity contribution in [2.24, 2.45) is 5.92 Å². The summed E-state index contributed by atoms with van der Waals surface area (Å²) in [6.07, 6.45) is 0. The summed E-state index contributed by atoms with van der Waals surface area (Å²) in [5, 5.41) is 6.71. The summed E-state index contributed by atoms with van der Waals surface area (Å²) in [6.45, 7) is 4.23. The number of amides is 3. The van der Waals surface area contributed by atoms with E-state index in [9.17, 15) is 14.4 Å². The van der Waals surface area contributed by atoms with Crippen molar-refractivity contribution in [1.29, 1.82) is 0 Å². The maximum Gasteiger partial charge on any atom is 0.260 e. The summed E-state index contributed by atoms with van der Waals surface area (Å²) in [4.78, 5) is 39.6. The van der Waals surface area contributed by atoms with E-state index in [0.29, 0.717) is 27.0 Å². The number of fused-ring (bicyclic) bond motifs is 1. The van der Waals surface area contributed by atoms with Crippen LogP contribution in [0.2, 0.25) is 15.1 Å². The number of rotatable bonds is 7. The number of anilines is 1. The van der Waals surface area contributed by atoms with Gasteiger partial charge >= 0.3 is 0 Å². The van der Waals surface area contributed by atoms with E-state index < -0.39 is 5.91 Å². The number of ether oxygens (including phenoxy) is 1. The Labute approximate surface area is 229 Å². The number of carbonyl (C=O) groups excluding carboxylic acids is 3. The number of nitrogens with one attached hydrogen (secondary N) is 2. The third kappa shape index (κ3) is 6.36. The van der Waals surface area contributed by atoms with Crippen LogP contribution in [0.5, 0.6) is 5.75 Å². The largest absolute Gasteiger partial charge is 0.472 e. The third-order valence-corrected chi connectivity index (χ3v) is 6.82. The van der Waals surface area contributed by atoms with Gasteiger partial charge in [-0.05, 0) is 53.6 Å². The molecule has 3 amide bonds. The molecule has 3 aromatic carbocycles. The molecule has 0 saturated heterocycles. The lowest BCUT2D eigenvalue weighted by Crippen LogP contribution is -2.38. The van der Waals surface area contributed by atoms with Crippen LogP contribution in [0, 0.1) is 5.92 Å². The lowest BCUT2D eigenvalue weighted by molar-refractivity contribution is -0.124. The summed E-state index contributed by atoms with van der Waals surface area (Å²) in [5.41, 5.74) is 2.51. The molecule has 3 aromatic rings. The van der Waals surface area contributed by atoms with Crippen molar-refractivity contribution in [3.8, 4) is 5.75 Å². The maximum absolute atomic E-state index is 13.2. The lowest BCUT2D eigenvalue weighted by Gasteiger charge is -2.29. The van der Waals surface area contributed by atoms with Gasteiger partial charge in [-0.1, -0.05) is 60.8 Å². The molecule has 2 N–H and O–H groups in total. The first-order chi connectivity index (χ1) is 17.6. The highest BCUT2D eigenvalue weighted by Gasteiger charge is 2.26. The van der Waals surface area contributed by atoms with Crippen LogP contribution in [-0.4, -0.2) is 29.4 Å². The Morgan fingerprint density at radius 1 is 0.946 bits per heavy atom. The van der Waals surface area contributed by atoms with Gasteiger partial charge in [-0.15, -0.1) is 0 Å². The first kappa shape index (κ1) is 26.8. The zero-order valence-electron chi connectivity index (χ0n) is 20.1. The molecule has 7 nitrogen and oxygen atoms in total. The van der Waals surface area contributed by atoms with Crippen molar-refractivity contribution in [2.45, 2.75) is 26.9 Å². The molecule has 0 radical (unpaired) electrons. The first-order valence-corrected chi connectivity index (χ1v) is 12.6. The number of halogens is 3. The number of nitrogens with zero attached hydrogens (tertiary/aromatic N) is 1. The van der Waals surface area contributed by atoms with Crippen molar-refractivity contribution in [1.82, 2.24) is 10.2 Å². The average Bonchev–Trinajstić information content (AvgIpc) is 2.87. The van der Waals surface area contributed by atoms with Gasteiger partial charge in [-0.25, -0.2) is 0 Å². The molecule has 0 unspecified atom stereocenters. The van der Waals surface area contributed by atoms with Crippen LogP contribution in [0.4, 0.5) is 5.69 Å². The molecule has 1 aliphatic rings. The zero-order valence-corrected chi connectivity index (χ0v) is 22.4. The number of benzene rings is 3. The molecule has 1 heterocycles. The highest BCUT2D eigenvalue weighted by Crippen LogP contribution is 2.30. The second kappa shape index (κ2) is 11.4. The summed E-state index contributed by atoms with van der Waals surface area (Å²) in [5.74, 6) is -0.502. The van der Waals surface area contributed by atoms with Gasteiger partial charge in [0.2, 0.25) is 5.91 Å². The van der Waals surface area contributed by atoms with E-state index in [0.717, 1.165) is 11.1 Å². The fraction of sp³-hybridized carbons (Fsp3) is 0.222. The normalized spacial score (nSPS) is 12.7. The van der Waals surface area contributed by atoms with Crippen LogP contribution in [0.1, 0.15) is 45.7 Å². The van der Waals surface area contributed by atoms with Gasteiger partial charge in [-0.3, -0.25) is 14.4 Å². The predicted octanol–water partition coefficient (Wildman–Crippen LogP) is 6.16. The monoisotopic (exact) mass is 559 g/mol. The quantitative estimate of drug-likeness (QED) is 0.362. The molecule has 0 spiro atoms. The van der Waals surface area contributed by atoms with Gasteiger partial charge in [-0.2, -0.15) is 0 Å². The van der Waals surface area contributed by atoms with Gasteiger partial charge in [0.25, 0.3) is 11.8 Å². The van der Waals surface area contributed by atoms with Crippen molar-refractivity contribution in [2.75, 3.05) is 12.0 Å². The van der Waals surface area contributed by atoms with Gasteiger partial charge in [0.15, 0.2) is 6.73 Å². The van der Waals surface area contributed by atoms with E-state index in [4.69, 9.17) is 39.5 Å². The molecule has 10 heteroatoms. The highest BCUT2D eigenvalue weighted by atomic mass is 35.5. The Hall–Kier alpha value is -3.26. The van der Waals surface area contributed by atoms with Gasteiger partial charge in [0.1, 0.15) is 5.75 Å². The maximum atomic E-state index is 13.2. The SMILES string of the molecule is CC(C)C(=O)NCc1ccc(Cl)c(C(=O)Nc2ccc3c(c2)C(=O)N(Cc2ccc(Cl)c(Cl)c2)CO3)c1. The van der Waals surface area contributed by atoms with Crippen molar-refractivity contribution < 1.29 is 19.1 Å². The average molecular weight is 561 g/mol. The van der Waals surface area contributed by atoms with E-state index in [1.54, 1.807) is 68.4 Å². The topological polar surface area (TPSA) is 87.7 Å². The zero-order chi connectivity index (χ0) is 26.7. The van der Waals surface area contributed by atoms with E-state index in [1.807, 2.05) is 0 Å². The molecule has 0 atom stereocenters. The molecular formula is C27H24Cl3N3O4. The third-order valence-electron chi connectivity index (χ3n) is 5.75. The van der Waals surface area contributed by atoms with Crippen LogP contribution in [-0.2, 0) is 17.9 Å². The Kier molecular flexibility index (Phi) is 8.27. The van der Waals surface area contributed by atoms with Crippen LogP contribution in [0.15, 0.2) is 54.6 Å². The lowest BCUT2D eigenvalue weighted by atomic mass is 10.1. The molecule has 0 bridgehead atoms. The molecule has 4 rings (SSSR count). The standard InChI is InChI=1S/C27H24Cl3N3O4/c1-15(2)25(34)31-12-16-3-6-21(28)19(9-16)26(35)32-18-5-8-24-20(11-18)27(36)33(14-37-24)13-17-4-7-22(29)23(30)10-17/h3-11,15H,12-14H2,1-2H3,(H,31,34)(H,32,35). The van der Waals surface area contributed by atoms with Crippen LogP contribution in [0.25, 0.3) is 0 Å². The smallest absolute Gasteiger partial charge is 0.260 e. The molecule has 1 aliphatic heterocycles. The molecule has 0 fully saturated rings. The summed E-state index contributed by atoms with van der Waals surface area (Å²) in [6, 6.07) is 15.0. The Morgan fingerprint density at radius 3 is 2.41 bits per heavy atom. The molecular weight excluding hydrogens is 537 g/mol. The second-order valence-electron chi connectivity index (χ2n) is 8.88. The fourth-order valence-electron chi connectivity index (χ4n) is 3.70. The summed E-state index contributed by atoms with van der Waals surface area (Å²) in [7, 11) is 0. The van der Waals surface area contributed by atoms with Gasteiger partial charge < -0.3 is 20.3 Å². The first-order valence-electron chi connectivity index (χ1n) is 11.5. The number of carbonyl (C=O) groups is 3. The van der Waals surface area contributed by atoms with E-state index >= 15 is 0 Å². The molecule has 0 aromatic heterocycles. The minimum Gasteiger partial charge on any atom is -0.472 e. The molecule has 0 saturated carbocycles. The van der Waals surface area contributed by atoms with E-state index in [-0.39, 0.29) is 48.1 Å². The predicted molar refractivity (Wildman–Crippen MR) is 144 cm³/mol. The Bertz CT molecular complexity index is 1380. The molecule has 192 valence electrons. The van der Waals surface area contributed by atoms with Crippen LogP contribution >= 0.6 is 34.8 Å². The van der Waals surface area contributed by atoms with Crippen molar-refractivity contribution in [3.63, 3.8) is 0 Å². The van der Waals surface area contributed by atoms with Crippen molar-refractivity contribution in [3.05, 3.63) is 91.9 Å². The molecule has 37 heavy (non-hydrogen) atoms. The molecule has 0 aliphatic carbocycles. The van der Waals surface area contributed by atoms with Gasteiger partial charge in [0.05, 0.1) is 26.2 Å². The number of hydrogen-bond acceptors (Lipinski definition) is 4. The summed E-state index contributed by atoms with van der Waals surface area (Å²) < 4.78 is 5.75. The van der Waals surface area contributed by atoms with Gasteiger partial charge in [0, 0.05) is 24.7 Å². The second-order valence-corrected chi connectivity index (χ2v) is 10.1. The van der Waals surface area contributed by atoms with Crippen molar-refractivity contribution >= 4 is 58.2 Å². The van der Waals surface area contributed by atoms with Crippen LogP contribution in [0.3, 0.4) is 0 Å². The van der Waals surface area contributed by atoms with Crippen LogP contribution < -0.4 is 15.4 Å². The fourth-order valence-corrected chi connectivity index (χ4v) is 4.23. The summed E-state index contributed by atoms with van der Waals surface area (Å²) >= 11 is 18.4. The Balaban J connectivity index is 1.48. The minimum atomic E-state index is -0.446. The highest BCUT2D eigenvalue weighted by molar-refractivity contribution is 6.42. The van der Waals surface area contributed by atoms with E-state index in [1.165, 1.54) is 4.90 Å². The number of hydrogen-bond donors (Lipinski definition) is 2. The minimum absolute atomic E-state index is 0.0769. The Morgan fingerprint density at radius 2 is 1.68 bits per heavy atom.